The Balaban J connectivity index is 3.14. The van der Waals surface area contributed by atoms with Gasteiger partial charge in [-0.2, -0.15) is 0 Å². The average molecular weight is 459 g/mol. The summed E-state index contributed by atoms with van der Waals surface area (Å²) < 4.78 is 22.6. The highest BCUT2D eigenvalue weighted by Crippen LogP contribution is 2.06. The van der Waals surface area contributed by atoms with Crippen LogP contribution in [0.1, 0.15) is 46.5 Å². The van der Waals surface area contributed by atoms with Crippen LogP contribution in [-0.4, -0.2) is 62.3 Å². The highest BCUT2D eigenvalue weighted by molar-refractivity contribution is 14.1. The second kappa shape index (κ2) is 16.4. The normalized spacial score (nSPS) is 11.5. The smallest absolute Gasteiger partial charge is 0.407 e. The number of nitrogens with one attached hydrogen (secondary N) is 1. The monoisotopic (exact) mass is 459 g/mol. The maximum atomic E-state index is 11.4. The third kappa shape index (κ3) is 19.9. The number of ether oxygens (including phenoxy) is 4. The van der Waals surface area contributed by atoms with Crippen LogP contribution < -0.4 is 5.32 Å². The van der Waals surface area contributed by atoms with E-state index in [0.717, 1.165) is 13.0 Å². The first-order valence-electron chi connectivity index (χ1n) is 8.72. The number of carbonyl (C=O) groups is 1. The van der Waals surface area contributed by atoms with Crippen molar-refractivity contribution in [2.24, 2.45) is 0 Å². The van der Waals surface area contributed by atoms with Crippen molar-refractivity contribution in [1.29, 1.82) is 0 Å². The van der Waals surface area contributed by atoms with Crippen LogP contribution in [0, 0.1) is 0 Å². The maximum Gasteiger partial charge on any atom is 0.407 e. The molecule has 0 rings (SSSR count). The molecule has 0 bridgehead atoms. The summed E-state index contributed by atoms with van der Waals surface area (Å²) in [6, 6.07) is 0. The summed E-state index contributed by atoms with van der Waals surface area (Å²) in [5, 5.41) is 2.64. The van der Waals surface area contributed by atoms with E-state index in [4.69, 9.17) is 18.9 Å². The lowest BCUT2D eigenvalue weighted by atomic mass is 10.2. The van der Waals surface area contributed by atoms with Gasteiger partial charge in [0.25, 0.3) is 0 Å². The number of alkyl carbamates (subject to hydrolysis) is 1. The molecule has 0 saturated heterocycles. The molecule has 0 radical (unpaired) electrons. The van der Waals surface area contributed by atoms with Gasteiger partial charge in [-0.3, -0.25) is 0 Å². The standard InChI is InChI=1S/C17H34INO5/c1-17(2,3)24-16(20)19-9-11-22-13-15-23-14-12-21-10-7-5-4-6-8-18/h4-15H2,1-3H3,(H,19,20). The van der Waals surface area contributed by atoms with E-state index in [-0.39, 0.29) is 0 Å². The van der Waals surface area contributed by atoms with Gasteiger partial charge in [0.2, 0.25) is 0 Å². The van der Waals surface area contributed by atoms with Crippen molar-refractivity contribution in [2.75, 3.05) is 50.6 Å². The van der Waals surface area contributed by atoms with Gasteiger partial charge in [-0.1, -0.05) is 35.4 Å². The lowest BCUT2D eigenvalue weighted by Crippen LogP contribution is -2.34. The van der Waals surface area contributed by atoms with Crippen LogP contribution in [0.25, 0.3) is 0 Å². The molecule has 0 heterocycles. The Morgan fingerprint density at radius 1 is 0.833 bits per heavy atom. The molecule has 0 aromatic carbocycles. The van der Waals surface area contributed by atoms with E-state index in [0.29, 0.717) is 39.6 Å². The highest BCUT2D eigenvalue weighted by Gasteiger charge is 2.15. The zero-order valence-electron chi connectivity index (χ0n) is 15.4. The molecule has 0 aliphatic carbocycles. The molecule has 0 aliphatic rings. The second-order valence-electron chi connectivity index (χ2n) is 6.37. The number of amides is 1. The largest absolute Gasteiger partial charge is 0.444 e. The van der Waals surface area contributed by atoms with Crippen LogP contribution in [0.5, 0.6) is 0 Å². The summed E-state index contributed by atoms with van der Waals surface area (Å²) in [6.45, 7) is 9.43. The minimum atomic E-state index is -0.476. The van der Waals surface area contributed by atoms with Crippen LogP contribution >= 0.6 is 22.6 Å². The van der Waals surface area contributed by atoms with E-state index in [1.165, 1.54) is 23.7 Å². The van der Waals surface area contributed by atoms with Crippen LogP contribution in [0.3, 0.4) is 0 Å². The molecule has 0 aromatic rings. The second-order valence-corrected chi connectivity index (χ2v) is 7.45. The first kappa shape index (κ1) is 23.9. The number of alkyl halides is 1. The molecule has 0 aromatic heterocycles. The molecule has 0 aliphatic heterocycles. The van der Waals surface area contributed by atoms with Crippen molar-refractivity contribution in [3.8, 4) is 0 Å². The molecule has 6 nitrogen and oxygen atoms in total. The van der Waals surface area contributed by atoms with Crippen molar-refractivity contribution in [3.63, 3.8) is 0 Å². The van der Waals surface area contributed by atoms with Gasteiger partial charge < -0.3 is 24.3 Å². The first-order chi connectivity index (χ1) is 11.5. The number of halogens is 1. The first-order valence-corrected chi connectivity index (χ1v) is 10.2. The minimum Gasteiger partial charge on any atom is -0.444 e. The van der Waals surface area contributed by atoms with Gasteiger partial charge in [-0.05, 0) is 38.0 Å². The molecule has 1 N–H and O–H groups in total. The molecule has 0 unspecified atom stereocenters. The molecular formula is C17H34INO5. The fraction of sp³-hybridized carbons (Fsp3) is 0.941. The molecular weight excluding hydrogens is 425 g/mol. The van der Waals surface area contributed by atoms with Crippen molar-refractivity contribution in [3.05, 3.63) is 0 Å². The molecule has 7 heteroatoms. The molecule has 0 atom stereocenters. The summed E-state index contributed by atoms with van der Waals surface area (Å²) in [5.41, 5.74) is -0.476. The Kier molecular flexibility index (Phi) is 16.3. The zero-order chi connectivity index (χ0) is 18.1. The summed E-state index contributed by atoms with van der Waals surface area (Å²) in [5.74, 6) is 0. The van der Waals surface area contributed by atoms with Gasteiger partial charge in [-0.15, -0.1) is 0 Å². The van der Waals surface area contributed by atoms with Gasteiger partial charge in [-0.25, -0.2) is 4.79 Å². The van der Waals surface area contributed by atoms with Gasteiger partial charge in [0, 0.05) is 13.2 Å². The Morgan fingerprint density at radius 3 is 1.96 bits per heavy atom. The quantitative estimate of drug-likeness (QED) is 0.231. The fourth-order valence-corrected chi connectivity index (χ4v) is 2.27. The van der Waals surface area contributed by atoms with E-state index in [1.807, 2.05) is 20.8 Å². The van der Waals surface area contributed by atoms with Crippen LogP contribution in [-0.2, 0) is 18.9 Å². The van der Waals surface area contributed by atoms with E-state index in [9.17, 15) is 4.79 Å². The lowest BCUT2D eigenvalue weighted by Gasteiger charge is -2.19. The summed E-state index contributed by atoms with van der Waals surface area (Å²) in [7, 11) is 0. The molecule has 144 valence electrons. The van der Waals surface area contributed by atoms with Crippen molar-refractivity contribution >= 4 is 28.7 Å². The molecule has 24 heavy (non-hydrogen) atoms. The Bertz CT molecular complexity index is 297. The predicted octanol–water partition coefficient (Wildman–Crippen LogP) is 3.56. The zero-order valence-corrected chi connectivity index (χ0v) is 17.6. The van der Waals surface area contributed by atoms with E-state index in [2.05, 4.69) is 27.9 Å². The number of hydrogen-bond donors (Lipinski definition) is 1. The number of hydrogen-bond acceptors (Lipinski definition) is 5. The minimum absolute atomic E-state index is 0.422. The van der Waals surface area contributed by atoms with Crippen molar-refractivity contribution in [1.82, 2.24) is 5.32 Å². The molecule has 1 amide bonds. The van der Waals surface area contributed by atoms with E-state index < -0.39 is 11.7 Å². The lowest BCUT2D eigenvalue weighted by molar-refractivity contribution is 0.0133. The third-order valence-corrected chi connectivity index (χ3v) is 3.59. The maximum absolute atomic E-state index is 11.4. The average Bonchev–Trinajstić information content (AvgIpc) is 2.49. The number of unbranched alkanes of at least 4 members (excludes halogenated alkanes) is 3. The third-order valence-electron chi connectivity index (χ3n) is 2.83. The van der Waals surface area contributed by atoms with Gasteiger partial charge in [0.05, 0.1) is 33.0 Å². The fourth-order valence-electron chi connectivity index (χ4n) is 1.73. The summed E-state index contributed by atoms with van der Waals surface area (Å²) in [6.07, 6.45) is 4.55. The number of rotatable bonds is 15. The van der Waals surface area contributed by atoms with Crippen molar-refractivity contribution < 1.29 is 23.7 Å². The van der Waals surface area contributed by atoms with Crippen LogP contribution in [0.4, 0.5) is 4.79 Å². The van der Waals surface area contributed by atoms with Gasteiger partial charge in [0.15, 0.2) is 0 Å². The Hall–Kier alpha value is -0.120. The molecule has 0 saturated carbocycles. The molecule has 0 spiro atoms. The van der Waals surface area contributed by atoms with Crippen molar-refractivity contribution in [2.45, 2.75) is 52.1 Å². The van der Waals surface area contributed by atoms with Crippen LogP contribution in [0.2, 0.25) is 0 Å². The Morgan fingerprint density at radius 2 is 1.38 bits per heavy atom. The SMILES string of the molecule is CC(C)(C)OC(=O)NCCOCCOCCOCCCCCCI. The number of carbonyl (C=O) groups excluding carboxylic acids is 1. The summed E-state index contributed by atoms with van der Waals surface area (Å²) in [4.78, 5) is 11.4. The topological polar surface area (TPSA) is 66.0 Å². The van der Waals surface area contributed by atoms with E-state index in [1.54, 1.807) is 0 Å². The highest BCUT2D eigenvalue weighted by atomic mass is 127. The van der Waals surface area contributed by atoms with Crippen LogP contribution in [0.15, 0.2) is 0 Å². The Labute approximate surface area is 160 Å². The van der Waals surface area contributed by atoms with Gasteiger partial charge >= 0.3 is 6.09 Å². The molecule has 0 fully saturated rings. The van der Waals surface area contributed by atoms with Gasteiger partial charge in [0.1, 0.15) is 5.60 Å². The predicted molar refractivity (Wildman–Crippen MR) is 104 cm³/mol. The summed E-state index contributed by atoms with van der Waals surface area (Å²) >= 11 is 2.41. The van der Waals surface area contributed by atoms with E-state index >= 15 is 0 Å².